The molecule has 134 valence electrons. The van der Waals surface area contributed by atoms with Gasteiger partial charge in [-0.2, -0.15) is 0 Å². The van der Waals surface area contributed by atoms with Crippen LogP contribution in [0.1, 0.15) is 51.9 Å². The highest BCUT2D eigenvalue weighted by Gasteiger charge is 2.53. The third-order valence-electron chi connectivity index (χ3n) is 4.66. The fraction of sp³-hybridized carbons (Fsp3) is 0.938. The van der Waals surface area contributed by atoms with Crippen LogP contribution in [0.2, 0.25) is 0 Å². The van der Waals surface area contributed by atoms with E-state index in [2.05, 4.69) is 17.2 Å². The van der Waals surface area contributed by atoms with Gasteiger partial charge in [0.15, 0.2) is 6.10 Å². The zero-order valence-electron chi connectivity index (χ0n) is 13.8. The molecule has 7 nitrogen and oxygen atoms in total. The van der Waals surface area contributed by atoms with E-state index in [1.165, 1.54) is 32.1 Å². The highest BCUT2D eigenvalue weighted by molar-refractivity contribution is 5.76. The molecule has 23 heavy (non-hydrogen) atoms. The Labute approximate surface area is 137 Å². The average Bonchev–Trinajstić information content (AvgIpc) is 2.98. The van der Waals surface area contributed by atoms with Gasteiger partial charge in [-0.05, 0) is 6.42 Å². The summed E-state index contributed by atoms with van der Waals surface area (Å²) in [6.07, 6.45) is 2.32. The first-order valence-electron chi connectivity index (χ1n) is 8.76. The van der Waals surface area contributed by atoms with E-state index in [1.54, 1.807) is 0 Å². The number of hydrogen-bond acceptors (Lipinski definition) is 6. The van der Waals surface area contributed by atoms with Crippen molar-refractivity contribution in [3.8, 4) is 0 Å². The molecule has 0 radical (unpaired) electrons. The second-order valence-corrected chi connectivity index (χ2v) is 6.52. The lowest BCUT2D eigenvalue weighted by atomic mass is 9.84. The van der Waals surface area contributed by atoms with Gasteiger partial charge in [0, 0.05) is 6.54 Å². The lowest BCUT2D eigenvalue weighted by molar-refractivity contribution is -0.174. The minimum absolute atomic E-state index is 0.269. The average molecular weight is 330 g/mol. The summed E-state index contributed by atoms with van der Waals surface area (Å²) in [5.74, 6) is 0. The number of aliphatic hydroxyl groups is 4. The number of amidine groups is 1. The Hall–Kier alpha value is -0.890. The van der Waals surface area contributed by atoms with Crippen molar-refractivity contribution in [2.75, 3.05) is 6.54 Å². The molecule has 1 aliphatic heterocycles. The second kappa shape index (κ2) is 8.82. The van der Waals surface area contributed by atoms with Crippen molar-refractivity contribution in [1.29, 1.82) is 0 Å². The Morgan fingerprint density at radius 2 is 1.48 bits per heavy atom. The number of rotatable bonds is 8. The van der Waals surface area contributed by atoms with Crippen molar-refractivity contribution >= 4 is 6.02 Å². The molecule has 1 aliphatic carbocycles. The summed E-state index contributed by atoms with van der Waals surface area (Å²) in [6, 6.07) is -0.387. The Balaban J connectivity index is 1.72. The number of aliphatic hydroxyl groups excluding tert-OH is 4. The van der Waals surface area contributed by atoms with E-state index in [1.807, 2.05) is 0 Å². The van der Waals surface area contributed by atoms with Crippen LogP contribution in [-0.4, -0.2) is 69.6 Å². The largest absolute Gasteiger partial charge is 0.457 e. The fourth-order valence-corrected chi connectivity index (χ4v) is 3.17. The van der Waals surface area contributed by atoms with Crippen LogP contribution in [0.25, 0.3) is 0 Å². The van der Waals surface area contributed by atoms with Gasteiger partial charge in [0.2, 0.25) is 0 Å². The second-order valence-electron chi connectivity index (χ2n) is 6.52. The first-order chi connectivity index (χ1) is 11.1. The van der Waals surface area contributed by atoms with E-state index in [0.717, 1.165) is 12.8 Å². The lowest BCUT2D eigenvalue weighted by Crippen LogP contribution is -2.64. The van der Waals surface area contributed by atoms with Gasteiger partial charge in [-0.1, -0.05) is 45.4 Å². The zero-order valence-corrected chi connectivity index (χ0v) is 13.8. The third kappa shape index (κ3) is 4.56. The molecule has 2 aliphatic rings. The normalized spacial score (nSPS) is 38.2. The van der Waals surface area contributed by atoms with Gasteiger partial charge in [0.25, 0.3) is 6.02 Å². The SMILES string of the molecule is CCCCCCCCCN=C1N[C@@H]2[C@H](O)[C@@H](O)[C@H](O)[C@@H](O)[C@H]2O1. The minimum atomic E-state index is -1.42. The van der Waals surface area contributed by atoms with Crippen molar-refractivity contribution in [3.05, 3.63) is 0 Å². The number of nitrogens with one attached hydrogen (secondary N) is 1. The molecule has 5 N–H and O–H groups in total. The molecule has 6 atom stereocenters. The number of nitrogens with zero attached hydrogens (tertiary/aromatic N) is 1. The summed E-state index contributed by atoms with van der Waals surface area (Å²) in [5.41, 5.74) is 0. The molecule has 0 spiro atoms. The predicted octanol–water partition coefficient (Wildman–Crippen LogP) is -0.0928. The molecular formula is C16H30N2O5. The molecular weight excluding hydrogens is 300 g/mol. The Kier molecular flexibility index (Phi) is 7.08. The van der Waals surface area contributed by atoms with Gasteiger partial charge in [-0.15, -0.1) is 0 Å². The first kappa shape index (κ1) is 18.4. The van der Waals surface area contributed by atoms with Gasteiger partial charge < -0.3 is 30.5 Å². The summed E-state index contributed by atoms with van der Waals surface area (Å²) < 4.78 is 5.48. The highest BCUT2D eigenvalue weighted by atomic mass is 16.5. The number of aliphatic imine (C=N–C) groups is 1. The maximum Gasteiger partial charge on any atom is 0.285 e. The van der Waals surface area contributed by atoms with Crippen LogP contribution >= 0.6 is 0 Å². The van der Waals surface area contributed by atoms with E-state index in [0.29, 0.717) is 6.54 Å². The molecule has 7 heteroatoms. The van der Waals surface area contributed by atoms with Crippen molar-refractivity contribution in [1.82, 2.24) is 5.32 Å². The van der Waals surface area contributed by atoms with E-state index in [4.69, 9.17) is 4.74 Å². The summed E-state index contributed by atoms with van der Waals surface area (Å²) in [5, 5.41) is 42.1. The van der Waals surface area contributed by atoms with Gasteiger partial charge in [0.1, 0.15) is 24.4 Å². The Bertz CT molecular complexity index is 369. The van der Waals surface area contributed by atoms with Crippen molar-refractivity contribution in [2.24, 2.45) is 4.99 Å². The minimum Gasteiger partial charge on any atom is -0.457 e. The lowest BCUT2D eigenvalue weighted by Gasteiger charge is -2.38. The predicted molar refractivity (Wildman–Crippen MR) is 86.1 cm³/mol. The molecule has 2 fully saturated rings. The van der Waals surface area contributed by atoms with E-state index in [9.17, 15) is 20.4 Å². The maximum atomic E-state index is 9.95. The molecule has 2 rings (SSSR count). The van der Waals surface area contributed by atoms with Gasteiger partial charge in [-0.25, -0.2) is 4.99 Å². The van der Waals surface area contributed by atoms with E-state index < -0.39 is 36.6 Å². The quantitative estimate of drug-likeness (QED) is 0.397. The number of hydrogen-bond donors (Lipinski definition) is 5. The monoisotopic (exact) mass is 330 g/mol. The van der Waals surface area contributed by atoms with Crippen LogP contribution in [0.3, 0.4) is 0 Å². The maximum absolute atomic E-state index is 9.95. The number of ether oxygens (including phenoxy) is 1. The molecule has 0 aromatic heterocycles. The highest BCUT2D eigenvalue weighted by Crippen LogP contribution is 2.27. The van der Waals surface area contributed by atoms with Crippen LogP contribution in [0.5, 0.6) is 0 Å². The fourth-order valence-electron chi connectivity index (χ4n) is 3.17. The van der Waals surface area contributed by atoms with Crippen LogP contribution in [0.15, 0.2) is 4.99 Å². The van der Waals surface area contributed by atoms with Gasteiger partial charge in [0.05, 0.1) is 6.04 Å². The van der Waals surface area contributed by atoms with Crippen molar-refractivity contribution in [2.45, 2.75) is 88.4 Å². The standard InChI is InChI=1S/C16H30N2O5/c1-2-3-4-5-6-7-8-9-17-16-18-10-11(19)12(20)13(21)14(22)15(10)23-16/h10-15,19-22H,2-9H2,1H3,(H,17,18)/t10-,11+,12-,13+,14-,15+/m1/s1. The summed E-state index contributed by atoms with van der Waals surface area (Å²) in [6.45, 7) is 2.82. The topological polar surface area (TPSA) is 115 Å². The molecule has 0 aromatic rings. The molecule has 0 unspecified atom stereocenters. The molecule has 0 amide bonds. The summed E-state index contributed by atoms with van der Waals surface area (Å²) in [4.78, 5) is 4.30. The smallest absolute Gasteiger partial charge is 0.285 e. The van der Waals surface area contributed by atoms with Crippen LogP contribution in [0, 0.1) is 0 Å². The van der Waals surface area contributed by atoms with Crippen molar-refractivity contribution < 1.29 is 25.2 Å². The van der Waals surface area contributed by atoms with E-state index in [-0.39, 0.29) is 6.02 Å². The van der Waals surface area contributed by atoms with Gasteiger partial charge in [-0.3, -0.25) is 0 Å². The van der Waals surface area contributed by atoms with E-state index >= 15 is 0 Å². The number of unbranched alkanes of at least 4 members (excludes halogenated alkanes) is 6. The Morgan fingerprint density at radius 1 is 0.870 bits per heavy atom. The molecule has 0 bridgehead atoms. The summed E-state index contributed by atoms with van der Waals surface area (Å²) >= 11 is 0. The van der Waals surface area contributed by atoms with Crippen LogP contribution < -0.4 is 5.32 Å². The molecule has 1 saturated heterocycles. The zero-order chi connectivity index (χ0) is 16.8. The van der Waals surface area contributed by atoms with Crippen LogP contribution in [-0.2, 0) is 4.74 Å². The molecule has 1 heterocycles. The summed E-state index contributed by atoms with van der Waals surface area (Å²) in [7, 11) is 0. The first-order valence-corrected chi connectivity index (χ1v) is 8.76. The van der Waals surface area contributed by atoms with Crippen LogP contribution in [0.4, 0.5) is 0 Å². The van der Waals surface area contributed by atoms with Gasteiger partial charge >= 0.3 is 0 Å². The molecule has 0 aromatic carbocycles. The Morgan fingerprint density at radius 3 is 2.17 bits per heavy atom. The third-order valence-corrected chi connectivity index (χ3v) is 4.66. The number of fused-ring (bicyclic) bond motifs is 1. The van der Waals surface area contributed by atoms with Crippen molar-refractivity contribution in [3.63, 3.8) is 0 Å². The molecule has 1 saturated carbocycles.